The maximum absolute atomic E-state index is 9.00. The normalized spacial score (nSPS) is 20.8. The molecule has 21 heavy (non-hydrogen) atoms. The average molecular weight is 292 g/mol. The summed E-state index contributed by atoms with van der Waals surface area (Å²) in [5.41, 5.74) is 0. The predicted molar refractivity (Wildman–Crippen MR) is 82.9 cm³/mol. The molecule has 1 aromatic heterocycles. The van der Waals surface area contributed by atoms with Crippen LogP contribution in [-0.4, -0.2) is 85.5 Å². The third-order valence-electron chi connectivity index (χ3n) is 4.19. The summed E-state index contributed by atoms with van der Waals surface area (Å²) in [5.74, 6) is 2.04. The first-order valence-corrected chi connectivity index (χ1v) is 7.73. The molecule has 0 radical (unpaired) electrons. The summed E-state index contributed by atoms with van der Waals surface area (Å²) in [6, 6.07) is 2.10. The summed E-state index contributed by atoms with van der Waals surface area (Å²) >= 11 is 0. The molecule has 0 unspecified atom stereocenters. The van der Waals surface area contributed by atoms with Gasteiger partial charge in [0.25, 0.3) is 0 Å². The number of nitrogens with zero attached hydrogens (tertiary/aromatic N) is 5. The van der Waals surface area contributed by atoms with E-state index >= 15 is 0 Å². The summed E-state index contributed by atoms with van der Waals surface area (Å²) in [7, 11) is 0. The van der Waals surface area contributed by atoms with Gasteiger partial charge in [-0.2, -0.15) is 0 Å². The molecule has 0 spiro atoms. The second kappa shape index (κ2) is 7.02. The molecular formula is C14H24N6O. The Bertz CT molecular complexity index is 443. The Kier molecular flexibility index (Phi) is 4.84. The third-order valence-corrected chi connectivity index (χ3v) is 4.19. The van der Waals surface area contributed by atoms with Gasteiger partial charge in [0.05, 0.1) is 6.61 Å². The summed E-state index contributed by atoms with van der Waals surface area (Å²) < 4.78 is 0. The highest BCUT2D eigenvalue weighted by Gasteiger charge is 2.19. The van der Waals surface area contributed by atoms with Crippen molar-refractivity contribution in [3.05, 3.63) is 12.4 Å². The maximum atomic E-state index is 9.00. The second-order valence-electron chi connectivity index (χ2n) is 5.52. The van der Waals surface area contributed by atoms with Gasteiger partial charge in [0, 0.05) is 65.0 Å². The largest absolute Gasteiger partial charge is 0.395 e. The van der Waals surface area contributed by atoms with Crippen LogP contribution >= 0.6 is 0 Å². The van der Waals surface area contributed by atoms with Crippen LogP contribution in [0.3, 0.4) is 0 Å². The van der Waals surface area contributed by atoms with Gasteiger partial charge in [-0.25, -0.2) is 9.97 Å². The van der Waals surface area contributed by atoms with Crippen LogP contribution in [0.4, 0.5) is 11.6 Å². The maximum Gasteiger partial charge on any atom is 0.134 e. The zero-order valence-electron chi connectivity index (χ0n) is 12.4. The Morgan fingerprint density at radius 1 is 0.952 bits per heavy atom. The van der Waals surface area contributed by atoms with Gasteiger partial charge in [0.2, 0.25) is 0 Å². The summed E-state index contributed by atoms with van der Waals surface area (Å²) in [6.45, 7) is 8.90. The Morgan fingerprint density at radius 3 is 2.19 bits per heavy atom. The fourth-order valence-corrected chi connectivity index (χ4v) is 2.92. The number of nitrogens with one attached hydrogen (secondary N) is 1. The predicted octanol–water partition coefficient (Wildman–Crippen LogP) is -0.999. The number of aliphatic hydroxyl groups excluding tert-OH is 1. The molecule has 2 aliphatic rings. The van der Waals surface area contributed by atoms with Crippen molar-refractivity contribution < 1.29 is 5.11 Å². The smallest absolute Gasteiger partial charge is 0.134 e. The first-order chi connectivity index (χ1) is 10.4. The molecule has 0 saturated carbocycles. The molecule has 0 aromatic carbocycles. The zero-order chi connectivity index (χ0) is 14.5. The van der Waals surface area contributed by atoms with Crippen LogP contribution in [0.15, 0.2) is 12.4 Å². The lowest BCUT2D eigenvalue weighted by Gasteiger charge is -2.35. The van der Waals surface area contributed by atoms with E-state index in [2.05, 4.69) is 36.1 Å². The van der Waals surface area contributed by atoms with Crippen molar-refractivity contribution >= 4 is 11.6 Å². The summed E-state index contributed by atoms with van der Waals surface area (Å²) in [6.07, 6.45) is 1.67. The van der Waals surface area contributed by atoms with E-state index in [1.165, 1.54) is 0 Å². The molecule has 1 aromatic rings. The van der Waals surface area contributed by atoms with E-state index in [-0.39, 0.29) is 6.61 Å². The molecule has 0 atom stereocenters. The van der Waals surface area contributed by atoms with Crippen LogP contribution in [0.5, 0.6) is 0 Å². The third kappa shape index (κ3) is 3.61. The molecule has 2 fully saturated rings. The Labute approximate surface area is 125 Å². The number of hydrogen-bond acceptors (Lipinski definition) is 7. The van der Waals surface area contributed by atoms with Crippen LogP contribution in [0.2, 0.25) is 0 Å². The molecule has 7 heteroatoms. The molecule has 2 aliphatic heterocycles. The minimum Gasteiger partial charge on any atom is -0.395 e. The highest BCUT2D eigenvalue weighted by Crippen LogP contribution is 2.19. The van der Waals surface area contributed by atoms with Crippen LogP contribution in [0, 0.1) is 0 Å². The van der Waals surface area contributed by atoms with E-state index in [4.69, 9.17) is 5.11 Å². The summed E-state index contributed by atoms with van der Waals surface area (Å²) in [4.78, 5) is 15.8. The SMILES string of the molecule is OCCN1CCN(c2cc(N3CCNCC3)ncn2)CC1. The number of anilines is 2. The lowest BCUT2D eigenvalue weighted by atomic mass is 10.3. The van der Waals surface area contributed by atoms with Gasteiger partial charge in [-0.3, -0.25) is 4.90 Å². The number of piperazine rings is 2. The highest BCUT2D eigenvalue weighted by atomic mass is 16.3. The van der Waals surface area contributed by atoms with Crippen molar-refractivity contribution in [3.63, 3.8) is 0 Å². The Hall–Kier alpha value is -1.44. The van der Waals surface area contributed by atoms with Gasteiger partial charge in [0.15, 0.2) is 0 Å². The van der Waals surface area contributed by atoms with Crippen molar-refractivity contribution in [1.82, 2.24) is 20.2 Å². The van der Waals surface area contributed by atoms with Crippen LogP contribution in [-0.2, 0) is 0 Å². The number of aromatic nitrogens is 2. The fraction of sp³-hybridized carbons (Fsp3) is 0.714. The zero-order valence-corrected chi connectivity index (χ0v) is 12.4. The van der Waals surface area contributed by atoms with E-state index < -0.39 is 0 Å². The molecule has 2 saturated heterocycles. The van der Waals surface area contributed by atoms with E-state index in [1.807, 2.05) is 0 Å². The van der Waals surface area contributed by atoms with Gasteiger partial charge in [-0.15, -0.1) is 0 Å². The van der Waals surface area contributed by atoms with E-state index in [0.717, 1.165) is 70.5 Å². The number of hydrogen-bond donors (Lipinski definition) is 2. The minimum absolute atomic E-state index is 0.237. The molecule has 116 valence electrons. The Morgan fingerprint density at radius 2 is 1.57 bits per heavy atom. The van der Waals surface area contributed by atoms with Crippen molar-refractivity contribution in [2.75, 3.05) is 75.3 Å². The van der Waals surface area contributed by atoms with Gasteiger partial charge in [0.1, 0.15) is 18.0 Å². The average Bonchev–Trinajstić information content (AvgIpc) is 2.57. The molecule has 0 amide bonds. The minimum atomic E-state index is 0.237. The first kappa shape index (κ1) is 14.5. The first-order valence-electron chi connectivity index (χ1n) is 7.73. The van der Waals surface area contributed by atoms with Crippen molar-refractivity contribution in [2.45, 2.75) is 0 Å². The summed E-state index contributed by atoms with van der Waals surface area (Å²) in [5, 5.41) is 12.4. The van der Waals surface area contributed by atoms with Crippen LogP contribution in [0.1, 0.15) is 0 Å². The van der Waals surface area contributed by atoms with Crippen LogP contribution in [0.25, 0.3) is 0 Å². The van der Waals surface area contributed by atoms with Crippen molar-refractivity contribution in [1.29, 1.82) is 0 Å². The van der Waals surface area contributed by atoms with Gasteiger partial charge >= 0.3 is 0 Å². The standard InChI is InChI=1S/C14H24N6O/c21-10-9-18-5-7-20(8-6-18)14-11-13(16-12-17-14)19-3-1-15-2-4-19/h11-12,15,21H,1-10H2. The Balaban J connectivity index is 1.63. The number of β-amino-alcohol motifs (C(OH)–C–C–N with tert-alkyl or cyclic N) is 1. The van der Waals surface area contributed by atoms with Gasteiger partial charge < -0.3 is 20.2 Å². The second-order valence-corrected chi connectivity index (χ2v) is 5.52. The molecule has 3 rings (SSSR count). The van der Waals surface area contributed by atoms with Crippen LogP contribution < -0.4 is 15.1 Å². The fourth-order valence-electron chi connectivity index (χ4n) is 2.92. The van der Waals surface area contributed by atoms with Gasteiger partial charge in [-0.1, -0.05) is 0 Å². The molecule has 2 N–H and O–H groups in total. The van der Waals surface area contributed by atoms with Crippen molar-refractivity contribution in [2.24, 2.45) is 0 Å². The van der Waals surface area contributed by atoms with E-state index in [1.54, 1.807) is 6.33 Å². The van der Waals surface area contributed by atoms with E-state index in [0.29, 0.717) is 0 Å². The highest BCUT2D eigenvalue weighted by molar-refractivity contribution is 5.50. The number of rotatable bonds is 4. The topological polar surface area (TPSA) is 67.8 Å². The van der Waals surface area contributed by atoms with E-state index in [9.17, 15) is 0 Å². The molecular weight excluding hydrogens is 268 g/mol. The van der Waals surface area contributed by atoms with Crippen molar-refractivity contribution in [3.8, 4) is 0 Å². The molecule has 7 nitrogen and oxygen atoms in total. The quantitative estimate of drug-likeness (QED) is 0.738. The lowest BCUT2D eigenvalue weighted by Crippen LogP contribution is -2.47. The lowest BCUT2D eigenvalue weighted by molar-refractivity contribution is 0.188. The molecule has 3 heterocycles. The van der Waals surface area contributed by atoms with Gasteiger partial charge in [-0.05, 0) is 0 Å². The number of aliphatic hydroxyl groups is 1. The molecule has 0 bridgehead atoms. The molecule has 0 aliphatic carbocycles. The monoisotopic (exact) mass is 292 g/mol.